The summed E-state index contributed by atoms with van der Waals surface area (Å²) < 4.78 is 66.1. The minimum Gasteiger partial charge on any atom is -0.351 e. The van der Waals surface area contributed by atoms with Gasteiger partial charge in [-0.25, -0.2) is 18.4 Å². The molecule has 0 unspecified atom stereocenters. The molecular weight excluding hydrogens is 457 g/mol. The van der Waals surface area contributed by atoms with Gasteiger partial charge in [0, 0.05) is 29.2 Å². The summed E-state index contributed by atoms with van der Waals surface area (Å²) in [5.41, 5.74) is -1.59. The second-order valence-corrected chi connectivity index (χ2v) is 9.46. The van der Waals surface area contributed by atoms with Crippen molar-refractivity contribution in [2.45, 2.75) is 18.0 Å². The summed E-state index contributed by atoms with van der Waals surface area (Å²) in [6.07, 6.45) is -3.95. The molecule has 0 aliphatic carbocycles. The highest BCUT2D eigenvalue weighted by Gasteiger charge is 2.32. The van der Waals surface area contributed by atoms with E-state index in [0.717, 1.165) is 6.07 Å². The molecule has 1 N–H and O–H groups in total. The number of hydrogen-bond acceptors (Lipinski definition) is 5. The Morgan fingerprint density at radius 2 is 1.94 bits per heavy atom. The Labute approximate surface area is 178 Å². The summed E-state index contributed by atoms with van der Waals surface area (Å²) >= 11 is 5.96. The Hall–Kier alpha value is -2.92. The SMILES string of the molecule is CCS(=O)(=O)c1c(-c2nc3cc(C(F)(F)F)cnc3n2C)[nH]c2ccc(Cl)cc2c1=O. The average molecular weight is 471 g/mol. The third-order valence-corrected chi connectivity index (χ3v) is 6.88. The fourth-order valence-electron chi connectivity index (χ4n) is 3.29. The number of nitrogens with one attached hydrogen (secondary N) is 1. The van der Waals surface area contributed by atoms with E-state index in [1.165, 1.54) is 36.7 Å². The molecule has 0 amide bonds. The van der Waals surface area contributed by atoms with E-state index in [9.17, 15) is 26.4 Å². The number of alkyl halides is 3. The average Bonchev–Trinajstić information content (AvgIpc) is 3.03. The van der Waals surface area contributed by atoms with Gasteiger partial charge in [0.05, 0.1) is 11.3 Å². The summed E-state index contributed by atoms with van der Waals surface area (Å²) in [5.74, 6) is -0.405. The van der Waals surface area contributed by atoms with Crippen molar-refractivity contribution in [1.29, 1.82) is 0 Å². The molecule has 162 valence electrons. The summed E-state index contributed by atoms with van der Waals surface area (Å²) in [5, 5.41) is 0.316. The van der Waals surface area contributed by atoms with E-state index < -0.39 is 31.9 Å². The van der Waals surface area contributed by atoms with Crippen molar-refractivity contribution in [2.75, 3.05) is 5.75 Å². The van der Waals surface area contributed by atoms with Crippen LogP contribution in [0.2, 0.25) is 5.02 Å². The van der Waals surface area contributed by atoms with Crippen LogP contribution in [-0.2, 0) is 23.1 Å². The van der Waals surface area contributed by atoms with Gasteiger partial charge in [-0.3, -0.25) is 4.79 Å². The number of rotatable bonds is 3. The van der Waals surface area contributed by atoms with E-state index in [1.807, 2.05) is 0 Å². The lowest BCUT2D eigenvalue weighted by atomic mass is 10.2. The standard InChI is InChI=1S/C19H14ClF3N4O3S/c1-3-31(29,30)16-14(25-12-5-4-10(20)7-11(12)15(16)28)18-26-13-6-9(19(21,22)23)8-24-17(13)27(18)2/h4-8H,3H2,1-2H3,(H,25,28). The van der Waals surface area contributed by atoms with Crippen LogP contribution in [0, 0.1) is 0 Å². The maximum atomic E-state index is 13.1. The van der Waals surface area contributed by atoms with Gasteiger partial charge >= 0.3 is 6.18 Å². The van der Waals surface area contributed by atoms with Gasteiger partial charge in [-0.15, -0.1) is 0 Å². The number of fused-ring (bicyclic) bond motifs is 2. The largest absolute Gasteiger partial charge is 0.417 e. The number of benzene rings is 1. The Balaban J connectivity index is 2.11. The predicted molar refractivity (Wildman–Crippen MR) is 110 cm³/mol. The zero-order valence-corrected chi connectivity index (χ0v) is 17.7. The summed E-state index contributed by atoms with van der Waals surface area (Å²) in [7, 11) is -2.57. The second-order valence-electron chi connectivity index (χ2n) is 6.81. The van der Waals surface area contributed by atoms with Crippen LogP contribution in [0.1, 0.15) is 12.5 Å². The highest BCUT2D eigenvalue weighted by molar-refractivity contribution is 7.91. The Morgan fingerprint density at radius 1 is 1.23 bits per heavy atom. The molecule has 0 spiro atoms. The number of H-pyrrole nitrogens is 1. The van der Waals surface area contributed by atoms with Crippen LogP contribution in [0.5, 0.6) is 0 Å². The van der Waals surface area contributed by atoms with Gasteiger partial charge in [-0.1, -0.05) is 18.5 Å². The first kappa shape index (κ1) is 21.3. The van der Waals surface area contributed by atoms with Crippen LogP contribution in [0.15, 0.2) is 40.2 Å². The number of pyridine rings is 2. The van der Waals surface area contributed by atoms with Gasteiger partial charge in [0.25, 0.3) is 0 Å². The van der Waals surface area contributed by atoms with Crippen molar-refractivity contribution in [3.63, 3.8) is 0 Å². The molecule has 0 saturated heterocycles. The normalized spacial score (nSPS) is 12.7. The minimum absolute atomic E-state index is 0.0391. The molecule has 7 nitrogen and oxygen atoms in total. The van der Waals surface area contributed by atoms with E-state index in [1.54, 1.807) is 0 Å². The number of aromatic nitrogens is 4. The fourth-order valence-corrected chi connectivity index (χ4v) is 4.60. The zero-order chi connectivity index (χ0) is 22.7. The van der Waals surface area contributed by atoms with Crippen LogP contribution in [-0.4, -0.2) is 33.7 Å². The van der Waals surface area contributed by atoms with E-state index in [2.05, 4.69) is 15.0 Å². The Bertz CT molecular complexity index is 1520. The maximum absolute atomic E-state index is 13.1. The Morgan fingerprint density at radius 3 is 2.58 bits per heavy atom. The lowest BCUT2D eigenvalue weighted by molar-refractivity contribution is -0.137. The van der Waals surface area contributed by atoms with Gasteiger partial charge < -0.3 is 9.55 Å². The quantitative estimate of drug-likeness (QED) is 0.489. The van der Waals surface area contributed by atoms with Crippen molar-refractivity contribution in [1.82, 2.24) is 19.5 Å². The third kappa shape index (κ3) is 3.47. The molecule has 0 bridgehead atoms. The maximum Gasteiger partial charge on any atom is 0.417 e. The molecule has 31 heavy (non-hydrogen) atoms. The van der Waals surface area contributed by atoms with E-state index in [-0.39, 0.29) is 38.8 Å². The molecule has 4 rings (SSSR count). The van der Waals surface area contributed by atoms with Gasteiger partial charge in [0.15, 0.2) is 21.3 Å². The molecule has 0 saturated carbocycles. The first-order valence-corrected chi connectivity index (χ1v) is 11.0. The van der Waals surface area contributed by atoms with Crippen LogP contribution in [0.4, 0.5) is 13.2 Å². The summed E-state index contributed by atoms with van der Waals surface area (Å²) in [6, 6.07) is 5.19. The lowest BCUT2D eigenvalue weighted by Crippen LogP contribution is -2.20. The lowest BCUT2D eigenvalue weighted by Gasteiger charge is -2.11. The van der Waals surface area contributed by atoms with Crippen molar-refractivity contribution in [3.8, 4) is 11.5 Å². The highest BCUT2D eigenvalue weighted by atomic mass is 35.5. The first-order chi connectivity index (χ1) is 14.4. The van der Waals surface area contributed by atoms with Crippen molar-refractivity contribution in [2.24, 2.45) is 7.05 Å². The number of sulfone groups is 1. The van der Waals surface area contributed by atoms with Crippen molar-refractivity contribution in [3.05, 3.63) is 51.3 Å². The van der Waals surface area contributed by atoms with E-state index in [0.29, 0.717) is 11.7 Å². The third-order valence-electron chi connectivity index (χ3n) is 4.87. The molecule has 0 radical (unpaired) electrons. The van der Waals surface area contributed by atoms with Crippen LogP contribution in [0.25, 0.3) is 33.6 Å². The number of aryl methyl sites for hydroxylation is 1. The summed E-state index contributed by atoms with van der Waals surface area (Å²) in [4.78, 5) is 23.5. The van der Waals surface area contributed by atoms with Crippen molar-refractivity contribution < 1.29 is 21.6 Å². The molecule has 0 aliphatic heterocycles. The highest BCUT2D eigenvalue weighted by Crippen LogP contribution is 2.32. The predicted octanol–water partition coefficient (Wildman–Crippen LogP) is 3.94. The van der Waals surface area contributed by atoms with Gasteiger partial charge in [0.2, 0.25) is 5.43 Å². The molecular formula is C19H14ClF3N4O3S. The molecule has 3 aromatic heterocycles. The van der Waals surface area contributed by atoms with E-state index >= 15 is 0 Å². The zero-order valence-electron chi connectivity index (χ0n) is 16.1. The van der Waals surface area contributed by atoms with Crippen LogP contribution >= 0.6 is 11.6 Å². The van der Waals surface area contributed by atoms with Crippen LogP contribution < -0.4 is 5.43 Å². The molecule has 12 heteroatoms. The summed E-state index contributed by atoms with van der Waals surface area (Å²) in [6.45, 7) is 1.38. The van der Waals surface area contributed by atoms with Gasteiger partial charge in [-0.2, -0.15) is 13.2 Å². The molecule has 1 aromatic carbocycles. The van der Waals surface area contributed by atoms with Gasteiger partial charge in [0.1, 0.15) is 16.1 Å². The monoisotopic (exact) mass is 470 g/mol. The number of halogens is 4. The smallest absolute Gasteiger partial charge is 0.351 e. The molecule has 0 aliphatic rings. The molecule has 0 fully saturated rings. The number of hydrogen-bond donors (Lipinski definition) is 1. The molecule has 0 atom stereocenters. The van der Waals surface area contributed by atoms with E-state index in [4.69, 9.17) is 11.6 Å². The van der Waals surface area contributed by atoms with Crippen molar-refractivity contribution >= 4 is 43.5 Å². The number of nitrogens with zero attached hydrogens (tertiary/aromatic N) is 3. The fraction of sp³-hybridized carbons (Fsp3) is 0.211. The Kier molecular flexibility index (Phi) is 4.85. The number of imidazole rings is 1. The first-order valence-electron chi connectivity index (χ1n) is 8.92. The molecule has 3 heterocycles. The topological polar surface area (TPSA) is 97.7 Å². The second kappa shape index (κ2) is 7.06. The number of aromatic amines is 1. The molecule has 4 aromatic rings. The van der Waals surface area contributed by atoms with Crippen LogP contribution in [0.3, 0.4) is 0 Å². The minimum atomic E-state index is -4.62. The van der Waals surface area contributed by atoms with Gasteiger partial charge in [-0.05, 0) is 24.3 Å².